The number of hydrogen-bond donors (Lipinski definition) is 1. The Morgan fingerprint density at radius 1 is 1.19 bits per heavy atom. The molecule has 1 aliphatic heterocycles. The largest absolute Gasteiger partial charge is 0.489 e. The van der Waals surface area contributed by atoms with Crippen LogP contribution >= 0.6 is 0 Å². The third-order valence-corrected chi connectivity index (χ3v) is 3.45. The number of carboxylic acid groups (broad SMARTS) is 1. The molecule has 1 N–H and O–H groups in total. The zero-order valence-corrected chi connectivity index (χ0v) is 11.5. The van der Waals surface area contributed by atoms with E-state index in [0.717, 1.165) is 12.2 Å². The normalized spacial score (nSPS) is 16.1. The van der Waals surface area contributed by atoms with Crippen molar-refractivity contribution in [3.05, 3.63) is 59.7 Å². The van der Waals surface area contributed by atoms with Crippen molar-refractivity contribution in [1.82, 2.24) is 0 Å². The minimum atomic E-state index is -0.865. The Bertz CT molecular complexity index is 626. The maximum absolute atomic E-state index is 10.8. The summed E-state index contributed by atoms with van der Waals surface area (Å²) in [4.78, 5) is 10.8. The molecule has 0 spiro atoms. The fraction of sp³-hybridized carbons (Fsp3) is 0.235. The quantitative estimate of drug-likeness (QED) is 0.917. The molecule has 108 valence electrons. The number of carbonyl (C=O) groups is 1. The lowest BCUT2D eigenvalue weighted by molar-refractivity contribution is -0.136. The van der Waals surface area contributed by atoms with Crippen LogP contribution in [0.2, 0.25) is 0 Å². The second-order valence-electron chi connectivity index (χ2n) is 5.04. The molecule has 2 aromatic carbocycles. The summed E-state index contributed by atoms with van der Waals surface area (Å²) in [6.07, 6.45) is 0.749. The van der Waals surface area contributed by atoms with E-state index in [4.69, 9.17) is 14.6 Å². The third kappa shape index (κ3) is 3.16. The van der Waals surface area contributed by atoms with Gasteiger partial charge in [-0.15, -0.1) is 0 Å². The Morgan fingerprint density at radius 2 is 1.95 bits per heavy atom. The smallest absolute Gasteiger partial charge is 0.307 e. The molecule has 0 saturated heterocycles. The van der Waals surface area contributed by atoms with Crippen LogP contribution in [0.1, 0.15) is 11.1 Å². The third-order valence-electron chi connectivity index (χ3n) is 3.45. The summed E-state index contributed by atoms with van der Waals surface area (Å²) in [7, 11) is 0. The Hall–Kier alpha value is -2.49. The molecule has 3 rings (SSSR count). The minimum absolute atomic E-state index is 0.0275. The zero-order valence-electron chi connectivity index (χ0n) is 11.5. The first-order valence-corrected chi connectivity index (χ1v) is 6.89. The molecule has 4 heteroatoms. The molecule has 1 unspecified atom stereocenters. The molecule has 1 heterocycles. The van der Waals surface area contributed by atoms with E-state index in [1.807, 2.05) is 36.4 Å². The van der Waals surface area contributed by atoms with Crippen molar-refractivity contribution in [2.24, 2.45) is 0 Å². The number of carboxylic acids is 1. The standard InChI is InChI=1S/C17H16O4/c18-17(19)10-13-6-1-3-7-15(13)20-11-14-9-12-5-2-4-8-16(12)21-14/h1-8,14H,9-11H2,(H,18,19). The lowest BCUT2D eigenvalue weighted by Crippen LogP contribution is -2.22. The summed E-state index contributed by atoms with van der Waals surface area (Å²) in [6.45, 7) is 0.408. The summed E-state index contributed by atoms with van der Waals surface area (Å²) < 4.78 is 11.6. The molecular formula is C17H16O4. The highest BCUT2D eigenvalue weighted by atomic mass is 16.5. The summed E-state index contributed by atoms with van der Waals surface area (Å²) in [5, 5.41) is 8.91. The molecule has 0 fully saturated rings. The number of ether oxygens (including phenoxy) is 2. The summed E-state index contributed by atoms with van der Waals surface area (Å²) in [6, 6.07) is 15.2. The van der Waals surface area contributed by atoms with Crippen molar-refractivity contribution in [2.45, 2.75) is 18.9 Å². The van der Waals surface area contributed by atoms with Gasteiger partial charge in [0.25, 0.3) is 0 Å². The fourth-order valence-electron chi connectivity index (χ4n) is 2.48. The van der Waals surface area contributed by atoms with Crippen LogP contribution in [0.3, 0.4) is 0 Å². The summed E-state index contributed by atoms with van der Waals surface area (Å²) >= 11 is 0. The van der Waals surface area contributed by atoms with Crippen LogP contribution in [0.15, 0.2) is 48.5 Å². The van der Waals surface area contributed by atoms with E-state index in [2.05, 4.69) is 0 Å². The van der Waals surface area contributed by atoms with E-state index >= 15 is 0 Å². The molecular weight excluding hydrogens is 268 g/mol. The van der Waals surface area contributed by atoms with Crippen molar-refractivity contribution in [1.29, 1.82) is 0 Å². The molecule has 1 atom stereocenters. The van der Waals surface area contributed by atoms with Gasteiger partial charge in [0.05, 0.1) is 6.42 Å². The lowest BCUT2D eigenvalue weighted by atomic mass is 10.1. The van der Waals surface area contributed by atoms with Gasteiger partial charge in [0.2, 0.25) is 0 Å². The number of benzene rings is 2. The number of aliphatic carboxylic acids is 1. The predicted octanol–water partition coefficient (Wildman–Crippen LogP) is 2.70. The highest BCUT2D eigenvalue weighted by Gasteiger charge is 2.23. The van der Waals surface area contributed by atoms with Crippen LogP contribution in [0.5, 0.6) is 11.5 Å². The first-order chi connectivity index (χ1) is 10.2. The maximum atomic E-state index is 10.8. The highest BCUT2D eigenvalue weighted by molar-refractivity contribution is 5.71. The summed E-state index contributed by atoms with van der Waals surface area (Å²) in [5.74, 6) is 0.653. The van der Waals surface area contributed by atoms with E-state index in [1.54, 1.807) is 12.1 Å². The fourth-order valence-corrected chi connectivity index (χ4v) is 2.48. The number of hydrogen-bond acceptors (Lipinski definition) is 3. The highest BCUT2D eigenvalue weighted by Crippen LogP contribution is 2.29. The predicted molar refractivity (Wildman–Crippen MR) is 77.8 cm³/mol. The first kappa shape index (κ1) is 13.5. The van der Waals surface area contributed by atoms with E-state index in [0.29, 0.717) is 17.9 Å². The Labute approximate surface area is 122 Å². The van der Waals surface area contributed by atoms with Crippen LogP contribution in [-0.4, -0.2) is 23.8 Å². The first-order valence-electron chi connectivity index (χ1n) is 6.89. The van der Waals surface area contributed by atoms with Gasteiger partial charge in [-0.05, 0) is 17.7 Å². The van der Waals surface area contributed by atoms with Gasteiger partial charge in [-0.3, -0.25) is 4.79 Å². The molecule has 21 heavy (non-hydrogen) atoms. The van der Waals surface area contributed by atoms with Gasteiger partial charge in [0.1, 0.15) is 24.2 Å². The number of fused-ring (bicyclic) bond motifs is 1. The van der Waals surface area contributed by atoms with Crippen LogP contribution in [0, 0.1) is 0 Å². The van der Waals surface area contributed by atoms with Crippen molar-refractivity contribution in [2.75, 3.05) is 6.61 Å². The SMILES string of the molecule is O=C(O)Cc1ccccc1OCC1Cc2ccccc2O1. The average molecular weight is 284 g/mol. The van der Waals surface area contributed by atoms with E-state index in [1.165, 1.54) is 5.56 Å². The van der Waals surface area contributed by atoms with Crippen molar-refractivity contribution in [3.8, 4) is 11.5 Å². The van der Waals surface area contributed by atoms with Crippen LogP contribution in [0.4, 0.5) is 0 Å². The zero-order chi connectivity index (χ0) is 14.7. The Kier molecular flexibility index (Phi) is 3.77. The number of para-hydroxylation sites is 2. The molecule has 0 saturated carbocycles. The molecule has 0 aromatic heterocycles. The van der Waals surface area contributed by atoms with E-state index in [9.17, 15) is 4.79 Å². The molecule has 1 aliphatic rings. The Morgan fingerprint density at radius 3 is 2.76 bits per heavy atom. The van der Waals surface area contributed by atoms with E-state index < -0.39 is 5.97 Å². The Balaban J connectivity index is 1.63. The minimum Gasteiger partial charge on any atom is -0.489 e. The average Bonchev–Trinajstić information content (AvgIpc) is 2.88. The lowest BCUT2D eigenvalue weighted by Gasteiger charge is -2.14. The van der Waals surface area contributed by atoms with Crippen molar-refractivity contribution < 1.29 is 19.4 Å². The van der Waals surface area contributed by atoms with Crippen LogP contribution in [-0.2, 0) is 17.6 Å². The molecule has 0 aliphatic carbocycles. The van der Waals surface area contributed by atoms with Gasteiger partial charge >= 0.3 is 5.97 Å². The molecule has 0 amide bonds. The monoisotopic (exact) mass is 284 g/mol. The molecule has 4 nitrogen and oxygen atoms in total. The maximum Gasteiger partial charge on any atom is 0.307 e. The summed E-state index contributed by atoms with van der Waals surface area (Å²) in [5.41, 5.74) is 1.87. The van der Waals surface area contributed by atoms with Crippen LogP contribution < -0.4 is 9.47 Å². The van der Waals surface area contributed by atoms with Gasteiger partial charge in [0, 0.05) is 12.0 Å². The van der Waals surface area contributed by atoms with Gasteiger partial charge in [0.15, 0.2) is 0 Å². The van der Waals surface area contributed by atoms with Crippen molar-refractivity contribution in [3.63, 3.8) is 0 Å². The second-order valence-corrected chi connectivity index (χ2v) is 5.04. The van der Waals surface area contributed by atoms with Gasteiger partial charge < -0.3 is 14.6 Å². The van der Waals surface area contributed by atoms with E-state index in [-0.39, 0.29) is 12.5 Å². The van der Waals surface area contributed by atoms with Gasteiger partial charge in [-0.1, -0.05) is 36.4 Å². The van der Waals surface area contributed by atoms with Crippen LogP contribution in [0.25, 0.3) is 0 Å². The van der Waals surface area contributed by atoms with Gasteiger partial charge in [-0.25, -0.2) is 0 Å². The molecule has 0 radical (unpaired) electrons. The van der Waals surface area contributed by atoms with Gasteiger partial charge in [-0.2, -0.15) is 0 Å². The molecule has 0 bridgehead atoms. The molecule has 2 aromatic rings. The number of rotatable bonds is 5. The second kappa shape index (κ2) is 5.87. The topological polar surface area (TPSA) is 55.8 Å². The van der Waals surface area contributed by atoms with Crippen molar-refractivity contribution >= 4 is 5.97 Å².